The van der Waals surface area contributed by atoms with Gasteiger partial charge in [0.05, 0.1) is 12.7 Å². The average Bonchev–Trinajstić information content (AvgIpc) is 3.12. The van der Waals surface area contributed by atoms with Crippen molar-refractivity contribution in [3.05, 3.63) is 59.8 Å². The number of H-pyrrole nitrogens is 1. The molecule has 160 valence electrons. The lowest BCUT2D eigenvalue weighted by molar-refractivity contribution is 0.0987. The number of nitrogens with one attached hydrogen (secondary N) is 2. The summed E-state index contributed by atoms with van der Waals surface area (Å²) in [5.41, 5.74) is 2.48. The smallest absolute Gasteiger partial charge is 0.137 e. The monoisotopic (exact) mass is 429 g/mol. The number of ether oxygens (including phenoxy) is 2. The predicted molar refractivity (Wildman–Crippen MR) is 121 cm³/mol. The maximum Gasteiger partial charge on any atom is 0.137 e. The first-order valence-electron chi connectivity index (χ1n) is 9.61. The number of hydrogen-bond acceptors (Lipinski definition) is 5. The van der Waals surface area contributed by atoms with Gasteiger partial charge in [0.1, 0.15) is 30.3 Å². The van der Waals surface area contributed by atoms with E-state index in [4.69, 9.17) is 14.7 Å². The number of nitrogens with zero attached hydrogens (tertiary/aromatic N) is 1. The summed E-state index contributed by atoms with van der Waals surface area (Å²) in [6.07, 6.45) is 2.11. The SMILES string of the molecule is COc1ccc2[nH]cc(CC(C)(C)NCC(O)COc3ccccc3C#N)c2c1.Cl. The zero-order valence-electron chi connectivity index (χ0n) is 17.4. The zero-order chi connectivity index (χ0) is 20.9. The minimum Gasteiger partial charge on any atom is -0.497 e. The predicted octanol–water partition coefficient (Wildman–Crippen LogP) is 3.82. The van der Waals surface area contributed by atoms with Gasteiger partial charge in [-0.1, -0.05) is 12.1 Å². The van der Waals surface area contributed by atoms with Crippen LogP contribution in [0.25, 0.3) is 10.9 Å². The second kappa shape index (κ2) is 10.4. The van der Waals surface area contributed by atoms with Gasteiger partial charge < -0.3 is 24.9 Å². The van der Waals surface area contributed by atoms with Crippen LogP contribution >= 0.6 is 12.4 Å². The van der Waals surface area contributed by atoms with Gasteiger partial charge in [0, 0.05) is 29.2 Å². The molecule has 1 atom stereocenters. The molecule has 0 aliphatic heterocycles. The van der Waals surface area contributed by atoms with E-state index in [9.17, 15) is 5.11 Å². The third-order valence-corrected chi connectivity index (χ3v) is 4.86. The first-order valence-corrected chi connectivity index (χ1v) is 9.61. The van der Waals surface area contributed by atoms with Crippen LogP contribution in [-0.2, 0) is 6.42 Å². The Morgan fingerprint density at radius 1 is 1.23 bits per heavy atom. The molecule has 0 radical (unpaired) electrons. The lowest BCUT2D eigenvalue weighted by Crippen LogP contribution is -2.46. The number of halogens is 1. The molecule has 2 aromatic carbocycles. The van der Waals surface area contributed by atoms with E-state index in [-0.39, 0.29) is 24.6 Å². The standard InChI is InChI=1S/C23H27N3O3.ClH/c1-23(2,11-17-13-25-21-9-8-19(28-3)10-20(17)21)26-14-18(27)15-29-22-7-5-4-6-16(22)12-24;/h4-10,13,18,25-27H,11,14-15H2,1-3H3;1H. The fourth-order valence-electron chi connectivity index (χ4n) is 3.29. The molecule has 1 aromatic heterocycles. The highest BCUT2D eigenvalue weighted by Gasteiger charge is 2.21. The Morgan fingerprint density at radius 3 is 2.73 bits per heavy atom. The summed E-state index contributed by atoms with van der Waals surface area (Å²) in [5, 5.41) is 24.0. The van der Waals surface area contributed by atoms with Crippen LogP contribution in [0.5, 0.6) is 11.5 Å². The molecule has 0 aliphatic carbocycles. The molecule has 3 rings (SSSR count). The van der Waals surface area contributed by atoms with E-state index in [1.807, 2.05) is 24.4 Å². The second-order valence-corrected chi connectivity index (χ2v) is 7.74. The quantitative estimate of drug-likeness (QED) is 0.481. The summed E-state index contributed by atoms with van der Waals surface area (Å²) in [6, 6.07) is 15.1. The van der Waals surface area contributed by atoms with Crippen molar-refractivity contribution >= 4 is 23.3 Å². The molecule has 0 spiro atoms. The molecule has 6 nitrogen and oxygen atoms in total. The minimum absolute atomic E-state index is 0. The van der Waals surface area contributed by atoms with Crippen LogP contribution in [0, 0.1) is 11.3 Å². The average molecular weight is 430 g/mol. The molecule has 3 N–H and O–H groups in total. The van der Waals surface area contributed by atoms with Crippen LogP contribution in [0.2, 0.25) is 0 Å². The van der Waals surface area contributed by atoms with Crippen molar-refractivity contribution in [2.45, 2.75) is 31.9 Å². The lowest BCUT2D eigenvalue weighted by Gasteiger charge is -2.28. The Morgan fingerprint density at radius 2 is 2.00 bits per heavy atom. The maximum atomic E-state index is 10.3. The van der Waals surface area contributed by atoms with Gasteiger partial charge in [0.25, 0.3) is 0 Å². The van der Waals surface area contributed by atoms with Crippen LogP contribution in [0.1, 0.15) is 25.0 Å². The highest BCUT2D eigenvalue weighted by atomic mass is 35.5. The molecule has 30 heavy (non-hydrogen) atoms. The van der Waals surface area contributed by atoms with Crippen molar-refractivity contribution in [2.75, 3.05) is 20.3 Å². The van der Waals surface area contributed by atoms with Crippen molar-refractivity contribution in [3.8, 4) is 17.6 Å². The van der Waals surface area contributed by atoms with Crippen molar-refractivity contribution in [1.82, 2.24) is 10.3 Å². The first-order chi connectivity index (χ1) is 13.9. The summed E-state index contributed by atoms with van der Waals surface area (Å²) in [6.45, 7) is 4.70. The number of aromatic nitrogens is 1. The second-order valence-electron chi connectivity index (χ2n) is 7.74. The van der Waals surface area contributed by atoms with Crippen LogP contribution in [-0.4, -0.2) is 42.0 Å². The van der Waals surface area contributed by atoms with Crippen LogP contribution in [0.3, 0.4) is 0 Å². The topological polar surface area (TPSA) is 90.3 Å². The number of hydrogen-bond donors (Lipinski definition) is 3. The van der Waals surface area contributed by atoms with Gasteiger partial charge in [-0.05, 0) is 56.2 Å². The number of aromatic amines is 1. The van der Waals surface area contributed by atoms with Crippen molar-refractivity contribution < 1.29 is 14.6 Å². The molecule has 1 heterocycles. The molecule has 7 heteroatoms. The Balaban J connectivity index is 0.00000320. The van der Waals surface area contributed by atoms with Crippen molar-refractivity contribution in [1.29, 1.82) is 5.26 Å². The van der Waals surface area contributed by atoms with E-state index < -0.39 is 6.10 Å². The third kappa shape index (κ3) is 5.90. The number of para-hydroxylation sites is 1. The van der Waals surface area contributed by atoms with Crippen LogP contribution < -0.4 is 14.8 Å². The summed E-state index contributed by atoms with van der Waals surface area (Å²) in [4.78, 5) is 3.30. The molecule has 0 bridgehead atoms. The Bertz CT molecular complexity index is 1010. The minimum atomic E-state index is -0.691. The van der Waals surface area contributed by atoms with E-state index in [2.05, 4.69) is 30.2 Å². The van der Waals surface area contributed by atoms with Gasteiger partial charge in [0.15, 0.2) is 0 Å². The number of fused-ring (bicyclic) bond motifs is 1. The molecule has 3 aromatic rings. The molecular weight excluding hydrogens is 402 g/mol. The third-order valence-electron chi connectivity index (χ3n) is 4.86. The Hall–Kier alpha value is -2.72. The van der Waals surface area contributed by atoms with E-state index in [0.717, 1.165) is 23.1 Å². The zero-order valence-corrected chi connectivity index (χ0v) is 18.3. The van der Waals surface area contributed by atoms with Gasteiger partial charge in [0.2, 0.25) is 0 Å². The number of aliphatic hydroxyl groups excluding tert-OH is 1. The van der Waals surface area contributed by atoms with Gasteiger partial charge in [-0.15, -0.1) is 12.4 Å². The summed E-state index contributed by atoms with van der Waals surface area (Å²) < 4.78 is 11.0. The molecule has 0 aliphatic rings. The number of aliphatic hydroxyl groups is 1. The Labute approximate surface area is 183 Å². The van der Waals surface area contributed by atoms with Crippen molar-refractivity contribution in [3.63, 3.8) is 0 Å². The molecule has 0 fully saturated rings. The molecular formula is C23H28ClN3O3. The summed E-state index contributed by atoms with van der Waals surface area (Å²) in [7, 11) is 1.66. The normalized spacial score (nSPS) is 12.1. The highest BCUT2D eigenvalue weighted by molar-refractivity contribution is 5.85. The number of benzene rings is 2. The molecule has 0 amide bonds. The largest absolute Gasteiger partial charge is 0.497 e. The molecule has 0 saturated carbocycles. The Kier molecular flexibility index (Phi) is 8.13. The summed E-state index contributed by atoms with van der Waals surface area (Å²) in [5.74, 6) is 1.32. The number of methoxy groups -OCH3 is 1. The number of nitriles is 1. The van der Waals surface area contributed by atoms with E-state index in [1.54, 1.807) is 31.4 Å². The van der Waals surface area contributed by atoms with E-state index in [1.165, 1.54) is 5.56 Å². The molecule has 0 saturated heterocycles. The molecule has 1 unspecified atom stereocenters. The van der Waals surface area contributed by atoms with Crippen molar-refractivity contribution in [2.24, 2.45) is 0 Å². The maximum absolute atomic E-state index is 10.3. The number of rotatable bonds is 9. The van der Waals surface area contributed by atoms with Gasteiger partial charge >= 0.3 is 0 Å². The van der Waals surface area contributed by atoms with Gasteiger partial charge in [-0.3, -0.25) is 0 Å². The van der Waals surface area contributed by atoms with Crippen LogP contribution in [0.15, 0.2) is 48.7 Å². The lowest BCUT2D eigenvalue weighted by atomic mass is 9.94. The highest BCUT2D eigenvalue weighted by Crippen LogP contribution is 2.26. The van der Waals surface area contributed by atoms with E-state index in [0.29, 0.717) is 17.9 Å². The van der Waals surface area contributed by atoms with E-state index >= 15 is 0 Å². The first kappa shape index (κ1) is 23.6. The fourth-order valence-corrected chi connectivity index (χ4v) is 3.29. The number of β-amino-alcohol motifs (C(OH)–C–C–N with tert-alkyl or cyclic N) is 1. The van der Waals surface area contributed by atoms with Gasteiger partial charge in [-0.25, -0.2) is 0 Å². The fraction of sp³-hybridized carbons (Fsp3) is 0.348. The van der Waals surface area contributed by atoms with Gasteiger partial charge in [-0.2, -0.15) is 5.26 Å². The summed E-state index contributed by atoms with van der Waals surface area (Å²) >= 11 is 0. The van der Waals surface area contributed by atoms with Crippen LogP contribution in [0.4, 0.5) is 0 Å².